The number of nitrogens with one attached hydrogen (secondary N) is 2. The van der Waals surface area contributed by atoms with Crippen molar-refractivity contribution in [1.29, 1.82) is 0 Å². The highest BCUT2D eigenvalue weighted by atomic mass is 35.5. The fourth-order valence-electron chi connectivity index (χ4n) is 1.79. The first-order valence-corrected chi connectivity index (χ1v) is 6.61. The van der Waals surface area contributed by atoms with E-state index in [1.165, 1.54) is 0 Å². The van der Waals surface area contributed by atoms with Gasteiger partial charge in [-0.3, -0.25) is 0 Å². The molecule has 0 aliphatic carbocycles. The third kappa shape index (κ3) is 2.86. The monoisotopic (exact) mass is 283 g/mol. The molecule has 5 heteroatoms. The van der Waals surface area contributed by atoms with E-state index in [1.54, 1.807) is 12.1 Å². The molecule has 0 fully saturated rings. The summed E-state index contributed by atoms with van der Waals surface area (Å²) in [5, 5.41) is 4.60. The first-order chi connectivity index (χ1) is 8.61. The average molecular weight is 284 g/mol. The Morgan fingerprint density at radius 3 is 2.89 bits per heavy atom. The van der Waals surface area contributed by atoms with Crippen molar-refractivity contribution in [2.24, 2.45) is 0 Å². The highest BCUT2D eigenvalue weighted by molar-refractivity contribution is 6.35. The number of benzene rings is 1. The van der Waals surface area contributed by atoms with Crippen molar-refractivity contribution >= 4 is 23.2 Å². The molecule has 3 nitrogen and oxygen atoms in total. The van der Waals surface area contributed by atoms with Gasteiger partial charge in [0.25, 0.3) is 0 Å². The number of imidazole rings is 1. The molecular formula is C13H15Cl2N3. The number of H-pyrrole nitrogens is 1. The molecule has 2 aromatic rings. The SMILES string of the molecule is CCNC(C)c1cnc(-c2cc(Cl)ccc2Cl)[nH]1. The molecule has 1 unspecified atom stereocenters. The summed E-state index contributed by atoms with van der Waals surface area (Å²) in [4.78, 5) is 7.62. The Hall–Kier alpha value is -1.03. The number of halogens is 2. The Morgan fingerprint density at radius 1 is 1.39 bits per heavy atom. The predicted octanol–water partition coefficient (Wildman–Crippen LogP) is 4.05. The first kappa shape index (κ1) is 13.4. The number of aromatic amines is 1. The lowest BCUT2D eigenvalue weighted by Crippen LogP contribution is -2.17. The van der Waals surface area contributed by atoms with Crippen molar-refractivity contribution in [3.05, 3.63) is 40.1 Å². The molecule has 18 heavy (non-hydrogen) atoms. The van der Waals surface area contributed by atoms with Crippen molar-refractivity contribution in [2.45, 2.75) is 19.9 Å². The Bertz CT molecular complexity index is 537. The van der Waals surface area contributed by atoms with Gasteiger partial charge in [-0.2, -0.15) is 0 Å². The zero-order chi connectivity index (χ0) is 13.1. The second kappa shape index (κ2) is 5.74. The lowest BCUT2D eigenvalue weighted by Gasteiger charge is -2.09. The van der Waals surface area contributed by atoms with E-state index >= 15 is 0 Å². The largest absolute Gasteiger partial charge is 0.341 e. The minimum absolute atomic E-state index is 0.231. The third-order valence-corrected chi connectivity index (χ3v) is 3.32. The molecule has 0 radical (unpaired) electrons. The van der Waals surface area contributed by atoms with Gasteiger partial charge < -0.3 is 10.3 Å². The highest BCUT2D eigenvalue weighted by Gasteiger charge is 2.11. The topological polar surface area (TPSA) is 40.7 Å². The van der Waals surface area contributed by atoms with E-state index in [2.05, 4.69) is 29.1 Å². The Kier molecular flexibility index (Phi) is 4.27. The maximum Gasteiger partial charge on any atom is 0.139 e. The van der Waals surface area contributed by atoms with Gasteiger partial charge in [-0.1, -0.05) is 30.1 Å². The molecule has 1 heterocycles. The van der Waals surface area contributed by atoms with E-state index in [0.717, 1.165) is 23.6 Å². The van der Waals surface area contributed by atoms with Crippen LogP contribution in [-0.2, 0) is 0 Å². The highest BCUT2D eigenvalue weighted by Crippen LogP contribution is 2.29. The van der Waals surface area contributed by atoms with Crippen LogP contribution < -0.4 is 5.32 Å². The number of hydrogen-bond acceptors (Lipinski definition) is 2. The molecule has 0 spiro atoms. The van der Waals surface area contributed by atoms with E-state index in [4.69, 9.17) is 23.2 Å². The lowest BCUT2D eigenvalue weighted by molar-refractivity contribution is 0.586. The Morgan fingerprint density at radius 2 is 2.17 bits per heavy atom. The van der Waals surface area contributed by atoms with Gasteiger partial charge in [0.1, 0.15) is 5.82 Å². The molecule has 2 rings (SSSR count). The van der Waals surface area contributed by atoms with Crippen LogP contribution in [0.2, 0.25) is 10.0 Å². The molecule has 1 aromatic heterocycles. The maximum atomic E-state index is 6.15. The fourth-order valence-corrected chi connectivity index (χ4v) is 2.17. The van der Waals surface area contributed by atoms with Crippen LogP contribution in [0.1, 0.15) is 25.6 Å². The molecule has 1 atom stereocenters. The molecule has 0 saturated heterocycles. The van der Waals surface area contributed by atoms with Crippen LogP contribution in [0, 0.1) is 0 Å². The Labute approximate surface area is 117 Å². The van der Waals surface area contributed by atoms with E-state index in [9.17, 15) is 0 Å². The molecule has 1 aromatic carbocycles. The quantitative estimate of drug-likeness (QED) is 0.889. The van der Waals surface area contributed by atoms with Crippen LogP contribution in [0.15, 0.2) is 24.4 Å². The van der Waals surface area contributed by atoms with E-state index in [0.29, 0.717) is 10.0 Å². The summed E-state index contributed by atoms with van der Waals surface area (Å²) in [7, 11) is 0. The summed E-state index contributed by atoms with van der Waals surface area (Å²) >= 11 is 12.1. The van der Waals surface area contributed by atoms with E-state index < -0.39 is 0 Å². The van der Waals surface area contributed by atoms with Gasteiger partial charge in [-0.15, -0.1) is 0 Å². The van der Waals surface area contributed by atoms with Crippen molar-refractivity contribution in [3.8, 4) is 11.4 Å². The maximum absolute atomic E-state index is 6.15. The van der Waals surface area contributed by atoms with E-state index in [1.807, 2.05) is 12.3 Å². The summed E-state index contributed by atoms with van der Waals surface area (Å²) in [5.74, 6) is 0.738. The molecule has 0 aliphatic rings. The summed E-state index contributed by atoms with van der Waals surface area (Å²) in [5.41, 5.74) is 1.85. The summed E-state index contributed by atoms with van der Waals surface area (Å²) < 4.78 is 0. The summed E-state index contributed by atoms with van der Waals surface area (Å²) in [6.07, 6.45) is 1.82. The first-order valence-electron chi connectivity index (χ1n) is 5.85. The molecule has 0 amide bonds. The van der Waals surface area contributed by atoms with Crippen LogP contribution in [0.4, 0.5) is 0 Å². The van der Waals surface area contributed by atoms with Crippen molar-refractivity contribution in [1.82, 2.24) is 15.3 Å². The van der Waals surface area contributed by atoms with Crippen LogP contribution in [-0.4, -0.2) is 16.5 Å². The van der Waals surface area contributed by atoms with Crippen LogP contribution in [0.5, 0.6) is 0 Å². The second-order valence-electron chi connectivity index (χ2n) is 4.09. The van der Waals surface area contributed by atoms with Gasteiger partial charge in [0.15, 0.2) is 0 Å². The standard InChI is InChI=1S/C13H15Cl2N3/c1-3-16-8(2)12-7-17-13(18-12)10-6-9(14)4-5-11(10)15/h4-8,16H,3H2,1-2H3,(H,17,18). The Balaban J connectivity index is 2.32. The molecule has 2 N–H and O–H groups in total. The lowest BCUT2D eigenvalue weighted by atomic mass is 10.2. The third-order valence-electron chi connectivity index (χ3n) is 2.76. The molecule has 0 aliphatic heterocycles. The minimum atomic E-state index is 0.231. The molecule has 0 saturated carbocycles. The number of hydrogen-bond donors (Lipinski definition) is 2. The molecule has 0 bridgehead atoms. The van der Waals surface area contributed by atoms with Crippen molar-refractivity contribution in [3.63, 3.8) is 0 Å². The normalized spacial score (nSPS) is 12.7. The van der Waals surface area contributed by atoms with Gasteiger partial charge in [0, 0.05) is 16.6 Å². The number of rotatable bonds is 4. The van der Waals surface area contributed by atoms with Crippen LogP contribution in [0.25, 0.3) is 11.4 Å². The van der Waals surface area contributed by atoms with Gasteiger partial charge in [-0.05, 0) is 31.7 Å². The van der Waals surface area contributed by atoms with Gasteiger partial charge in [0.2, 0.25) is 0 Å². The van der Waals surface area contributed by atoms with Crippen LogP contribution >= 0.6 is 23.2 Å². The average Bonchev–Trinajstić information content (AvgIpc) is 2.82. The summed E-state index contributed by atoms with van der Waals surface area (Å²) in [6.45, 7) is 5.06. The second-order valence-corrected chi connectivity index (χ2v) is 4.93. The van der Waals surface area contributed by atoms with E-state index in [-0.39, 0.29) is 6.04 Å². The van der Waals surface area contributed by atoms with Crippen LogP contribution in [0.3, 0.4) is 0 Å². The summed E-state index contributed by atoms with van der Waals surface area (Å²) in [6, 6.07) is 5.58. The zero-order valence-corrected chi connectivity index (χ0v) is 11.8. The molecule has 96 valence electrons. The minimum Gasteiger partial charge on any atom is -0.341 e. The van der Waals surface area contributed by atoms with Crippen molar-refractivity contribution < 1.29 is 0 Å². The zero-order valence-electron chi connectivity index (χ0n) is 10.3. The number of nitrogens with zero attached hydrogens (tertiary/aromatic N) is 1. The van der Waals surface area contributed by atoms with Crippen molar-refractivity contribution in [2.75, 3.05) is 6.54 Å². The smallest absolute Gasteiger partial charge is 0.139 e. The fraction of sp³-hybridized carbons (Fsp3) is 0.308. The van der Waals surface area contributed by atoms with Gasteiger partial charge in [-0.25, -0.2) is 4.98 Å². The van der Waals surface area contributed by atoms with Gasteiger partial charge in [0.05, 0.1) is 16.9 Å². The molecular weight excluding hydrogens is 269 g/mol. The predicted molar refractivity (Wildman–Crippen MR) is 76.1 cm³/mol. The van der Waals surface area contributed by atoms with Gasteiger partial charge >= 0.3 is 0 Å². The number of aromatic nitrogens is 2.